The minimum Gasteiger partial charge on any atom is -0.319 e. The third-order valence-corrected chi connectivity index (χ3v) is 8.66. The number of halogens is 4. The predicted octanol–water partition coefficient (Wildman–Crippen LogP) is 7.04. The fraction of sp³-hybridized carbons (Fsp3) is 0.0870. The lowest BCUT2D eigenvalue weighted by Gasteiger charge is -2.14. The third kappa shape index (κ3) is 4.82. The Labute approximate surface area is 205 Å². The van der Waals surface area contributed by atoms with Crippen molar-refractivity contribution in [1.82, 2.24) is 0 Å². The molecular formula is C23H16BrF3N2O3S2. The second-order valence-electron chi connectivity index (χ2n) is 7.30. The van der Waals surface area contributed by atoms with Gasteiger partial charge in [0, 0.05) is 9.17 Å². The highest BCUT2D eigenvalue weighted by Crippen LogP contribution is 2.37. The molecule has 1 heterocycles. The van der Waals surface area contributed by atoms with E-state index in [0.717, 1.165) is 23.5 Å². The first-order valence-corrected chi connectivity index (χ1v) is 12.8. The Morgan fingerprint density at radius 2 is 1.62 bits per heavy atom. The first kappa shape index (κ1) is 24.2. The van der Waals surface area contributed by atoms with Crippen molar-refractivity contribution in [2.24, 2.45) is 0 Å². The second kappa shape index (κ2) is 9.05. The van der Waals surface area contributed by atoms with Crippen LogP contribution >= 0.6 is 27.3 Å². The lowest BCUT2D eigenvalue weighted by Crippen LogP contribution is -2.17. The molecular weight excluding hydrogens is 553 g/mol. The van der Waals surface area contributed by atoms with E-state index >= 15 is 0 Å². The molecule has 3 aromatic carbocycles. The van der Waals surface area contributed by atoms with Gasteiger partial charge in [-0.25, -0.2) is 8.42 Å². The summed E-state index contributed by atoms with van der Waals surface area (Å²) < 4.78 is 68.4. The molecule has 4 rings (SSSR count). The first-order chi connectivity index (χ1) is 16.0. The van der Waals surface area contributed by atoms with Gasteiger partial charge in [-0.1, -0.05) is 24.3 Å². The summed E-state index contributed by atoms with van der Waals surface area (Å²) in [4.78, 5) is 13.3. The zero-order valence-corrected chi connectivity index (χ0v) is 20.6. The molecule has 34 heavy (non-hydrogen) atoms. The maximum Gasteiger partial charge on any atom is 0.416 e. The largest absolute Gasteiger partial charge is 0.416 e. The van der Waals surface area contributed by atoms with Gasteiger partial charge >= 0.3 is 6.18 Å². The Bertz CT molecular complexity index is 1520. The highest BCUT2D eigenvalue weighted by Gasteiger charge is 2.31. The Hall–Kier alpha value is -2.89. The smallest absolute Gasteiger partial charge is 0.319 e. The van der Waals surface area contributed by atoms with Crippen molar-refractivity contribution in [3.8, 4) is 0 Å². The van der Waals surface area contributed by atoms with E-state index in [1.165, 1.54) is 24.3 Å². The summed E-state index contributed by atoms with van der Waals surface area (Å²) in [5, 5.41) is 3.01. The number of thiophene rings is 1. The lowest BCUT2D eigenvalue weighted by molar-refractivity contribution is -0.137. The van der Waals surface area contributed by atoms with E-state index in [-0.39, 0.29) is 21.1 Å². The highest BCUT2D eigenvalue weighted by molar-refractivity contribution is 9.10. The highest BCUT2D eigenvalue weighted by atomic mass is 79.9. The second-order valence-corrected chi connectivity index (χ2v) is 10.9. The molecule has 11 heteroatoms. The first-order valence-electron chi connectivity index (χ1n) is 9.75. The summed E-state index contributed by atoms with van der Waals surface area (Å²) in [5.41, 5.74) is -0.0322. The van der Waals surface area contributed by atoms with Crippen molar-refractivity contribution in [3.05, 3.63) is 87.2 Å². The number of carbonyl (C=O) groups is 1. The van der Waals surface area contributed by atoms with Crippen LogP contribution in [0.15, 0.2) is 76.1 Å². The van der Waals surface area contributed by atoms with Gasteiger partial charge in [-0.05, 0) is 76.3 Å². The van der Waals surface area contributed by atoms with Crippen LogP contribution < -0.4 is 10.0 Å². The molecule has 0 aliphatic carbocycles. The molecule has 0 saturated carbocycles. The maximum atomic E-state index is 13.1. The number of sulfonamides is 1. The van der Waals surface area contributed by atoms with Crippen LogP contribution in [0, 0.1) is 6.92 Å². The van der Waals surface area contributed by atoms with Crippen molar-refractivity contribution in [3.63, 3.8) is 0 Å². The van der Waals surface area contributed by atoms with E-state index in [1.807, 2.05) is 0 Å². The van der Waals surface area contributed by atoms with Crippen LogP contribution in [0.25, 0.3) is 10.1 Å². The summed E-state index contributed by atoms with van der Waals surface area (Å²) in [7, 11) is -3.97. The number of aryl methyl sites for hydroxylation is 1. The number of anilines is 2. The van der Waals surface area contributed by atoms with Gasteiger partial charge in [0.1, 0.15) is 4.90 Å². The van der Waals surface area contributed by atoms with Gasteiger partial charge in [-0.3, -0.25) is 9.52 Å². The number of nitrogens with one attached hydrogen (secondary N) is 2. The summed E-state index contributed by atoms with van der Waals surface area (Å²) in [5.74, 6) is -0.556. The van der Waals surface area contributed by atoms with Crippen molar-refractivity contribution in [2.45, 2.75) is 18.0 Å². The summed E-state index contributed by atoms with van der Waals surface area (Å²) in [6, 6.07) is 15.9. The third-order valence-electron chi connectivity index (χ3n) is 5.02. The molecule has 0 radical (unpaired) electrons. The van der Waals surface area contributed by atoms with Crippen LogP contribution in [0.4, 0.5) is 24.5 Å². The van der Waals surface area contributed by atoms with Gasteiger partial charge in [-0.15, -0.1) is 11.3 Å². The maximum absolute atomic E-state index is 13.1. The van der Waals surface area contributed by atoms with Gasteiger partial charge in [0.2, 0.25) is 0 Å². The van der Waals surface area contributed by atoms with Crippen LogP contribution in [0.1, 0.15) is 20.8 Å². The van der Waals surface area contributed by atoms with Crippen molar-refractivity contribution in [2.75, 3.05) is 10.0 Å². The fourth-order valence-corrected chi connectivity index (χ4v) is 6.51. The number of benzene rings is 3. The minimum atomic E-state index is -4.49. The zero-order valence-electron chi connectivity index (χ0n) is 17.4. The number of hydrogen-bond donors (Lipinski definition) is 2. The standard InChI is InChI=1S/C23H16BrF3N2O3S2/c1-13-15-12-14(23(25,26)27)10-11-19(15)33-21(13)22(30)28-17-7-3-4-8-18(17)29-34(31,32)20-9-5-2-6-16(20)24/h2-12,29H,1H3,(H,28,30). The van der Waals surface area contributed by atoms with Crippen molar-refractivity contribution in [1.29, 1.82) is 0 Å². The SMILES string of the molecule is Cc1c(C(=O)Nc2ccccc2NS(=O)(=O)c2ccccc2Br)sc2ccc(C(F)(F)F)cc12. The average Bonchev–Trinajstić information content (AvgIpc) is 3.10. The van der Waals surface area contributed by atoms with Crippen LogP contribution in [0.2, 0.25) is 0 Å². The number of rotatable bonds is 5. The minimum absolute atomic E-state index is 0.0250. The van der Waals surface area contributed by atoms with Crippen molar-refractivity contribution >= 4 is 64.7 Å². The fourth-order valence-electron chi connectivity index (χ4n) is 3.34. The number of amides is 1. The summed E-state index contributed by atoms with van der Waals surface area (Å²) in [6.07, 6.45) is -4.49. The monoisotopic (exact) mass is 568 g/mol. The number of fused-ring (bicyclic) bond motifs is 1. The quantitative estimate of drug-likeness (QED) is 0.271. The number of para-hydroxylation sites is 2. The van der Waals surface area contributed by atoms with Crippen LogP contribution in [-0.2, 0) is 16.2 Å². The molecule has 0 bridgehead atoms. The van der Waals surface area contributed by atoms with Gasteiger partial charge in [-0.2, -0.15) is 13.2 Å². The van der Waals surface area contributed by atoms with Gasteiger partial charge in [0.25, 0.3) is 15.9 Å². The van der Waals surface area contributed by atoms with Crippen LogP contribution in [-0.4, -0.2) is 14.3 Å². The molecule has 0 fully saturated rings. The lowest BCUT2D eigenvalue weighted by atomic mass is 10.1. The average molecular weight is 569 g/mol. The van der Waals surface area contributed by atoms with Crippen LogP contribution in [0.5, 0.6) is 0 Å². The Morgan fingerprint density at radius 3 is 2.29 bits per heavy atom. The molecule has 4 aromatic rings. The van der Waals surface area contributed by atoms with E-state index in [4.69, 9.17) is 0 Å². The predicted molar refractivity (Wildman–Crippen MR) is 131 cm³/mol. The number of carbonyl (C=O) groups excluding carboxylic acids is 1. The van der Waals surface area contributed by atoms with Crippen molar-refractivity contribution < 1.29 is 26.4 Å². The molecule has 176 valence electrons. The topological polar surface area (TPSA) is 75.3 Å². The molecule has 0 aliphatic heterocycles. The Kier molecular flexibility index (Phi) is 6.45. The van der Waals surface area contributed by atoms with E-state index in [1.54, 1.807) is 37.3 Å². The number of alkyl halides is 3. The van der Waals surface area contributed by atoms with Crippen LogP contribution in [0.3, 0.4) is 0 Å². The normalized spacial score (nSPS) is 12.0. The Balaban J connectivity index is 1.65. The molecule has 0 saturated heterocycles. The van der Waals surface area contributed by atoms with Gasteiger partial charge in [0.15, 0.2) is 0 Å². The summed E-state index contributed by atoms with van der Waals surface area (Å²) >= 11 is 4.28. The van der Waals surface area contributed by atoms with E-state index in [0.29, 0.717) is 20.1 Å². The van der Waals surface area contributed by atoms with E-state index in [9.17, 15) is 26.4 Å². The molecule has 1 aromatic heterocycles. The molecule has 2 N–H and O–H groups in total. The van der Waals surface area contributed by atoms with Gasteiger partial charge in [0.05, 0.1) is 21.8 Å². The molecule has 1 amide bonds. The van der Waals surface area contributed by atoms with E-state index < -0.39 is 27.7 Å². The Morgan fingerprint density at radius 1 is 0.971 bits per heavy atom. The van der Waals surface area contributed by atoms with Gasteiger partial charge < -0.3 is 5.32 Å². The molecule has 0 atom stereocenters. The number of hydrogen-bond acceptors (Lipinski definition) is 4. The molecule has 0 unspecified atom stereocenters. The van der Waals surface area contributed by atoms with E-state index in [2.05, 4.69) is 26.0 Å². The molecule has 0 spiro atoms. The molecule has 0 aliphatic rings. The molecule has 5 nitrogen and oxygen atoms in total. The zero-order chi connectivity index (χ0) is 24.7. The summed E-state index contributed by atoms with van der Waals surface area (Å²) in [6.45, 7) is 1.58.